The normalized spacial score (nSPS) is 21.9. The van der Waals surface area contributed by atoms with Crippen LogP contribution in [-0.4, -0.2) is 11.9 Å². The first-order valence-electron chi connectivity index (χ1n) is 6.49. The lowest BCUT2D eigenvalue weighted by atomic mass is 10.1. The van der Waals surface area contributed by atoms with Crippen LogP contribution in [0.25, 0.3) is 0 Å². The Labute approximate surface area is 119 Å². The number of nitrogens with zero attached hydrogens (tertiary/aromatic N) is 1. The molecule has 0 heterocycles. The minimum atomic E-state index is -4.52. The fraction of sp³-hybridized carbons (Fsp3) is 0.429. The molecule has 2 atom stereocenters. The maximum absolute atomic E-state index is 12.6. The molecule has 1 aliphatic rings. The molecule has 1 aromatic rings. The van der Waals surface area contributed by atoms with Gasteiger partial charge in [-0.25, -0.2) is 0 Å². The van der Waals surface area contributed by atoms with Gasteiger partial charge in [0.05, 0.1) is 16.8 Å². The molecule has 1 fully saturated rings. The average molecular weight is 297 g/mol. The van der Waals surface area contributed by atoms with Crippen LogP contribution in [0.3, 0.4) is 0 Å². The van der Waals surface area contributed by atoms with Crippen LogP contribution in [0.15, 0.2) is 18.2 Å². The van der Waals surface area contributed by atoms with Gasteiger partial charge in [0.2, 0.25) is 5.91 Å². The predicted molar refractivity (Wildman–Crippen MR) is 70.1 cm³/mol. The number of nitriles is 1. The highest BCUT2D eigenvalue weighted by atomic mass is 19.4. The van der Waals surface area contributed by atoms with Crippen molar-refractivity contribution in [3.8, 4) is 6.07 Å². The molecule has 0 spiro atoms. The fourth-order valence-electron chi connectivity index (χ4n) is 2.41. The molecule has 1 aliphatic carbocycles. The molecule has 0 bridgehead atoms. The number of hydrogen-bond acceptors (Lipinski definition) is 3. The summed E-state index contributed by atoms with van der Waals surface area (Å²) < 4.78 is 37.7. The van der Waals surface area contributed by atoms with E-state index in [9.17, 15) is 18.0 Å². The number of nitrogens with one attached hydrogen (secondary N) is 1. The van der Waals surface area contributed by atoms with Crippen molar-refractivity contribution in [2.75, 3.05) is 5.32 Å². The van der Waals surface area contributed by atoms with Gasteiger partial charge in [0.1, 0.15) is 6.07 Å². The summed E-state index contributed by atoms with van der Waals surface area (Å²) in [6.07, 6.45) is -2.58. The molecule has 4 nitrogen and oxygen atoms in total. The predicted octanol–water partition coefficient (Wildman–Crippen LogP) is 2.64. The number of carbonyl (C=O) groups is 1. The van der Waals surface area contributed by atoms with E-state index in [1.54, 1.807) is 6.07 Å². The number of hydrogen-bond donors (Lipinski definition) is 2. The van der Waals surface area contributed by atoms with Gasteiger partial charge in [-0.3, -0.25) is 4.79 Å². The van der Waals surface area contributed by atoms with Crippen LogP contribution in [0.4, 0.5) is 18.9 Å². The lowest BCUT2D eigenvalue weighted by Gasteiger charge is -2.13. The van der Waals surface area contributed by atoms with E-state index in [0.29, 0.717) is 12.8 Å². The summed E-state index contributed by atoms with van der Waals surface area (Å²) in [7, 11) is 0. The van der Waals surface area contributed by atoms with E-state index in [1.807, 2.05) is 0 Å². The molecule has 0 aliphatic heterocycles. The third kappa shape index (κ3) is 3.52. The second kappa shape index (κ2) is 5.74. The van der Waals surface area contributed by atoms with Crippen molar-refractivity contribution in [2.45, 2.75) is 31.5 Å². The molecular weight excluding hydrogens is 283 g/mol. The van der Waals surface area contributed by atoms with Crippen molar-refractivity contribution in [1.29, 1.82) is 5.26 Å². The average Bonchev–Trinajstić information content (AvgIpc) is 2.84. The van der Waals surface area contributed by atoms with Crippen LogP contribution < -0.4 is 11.1 Å². The molecule has 112 valence electrons. The van der Waals surface area contributed by atoms with Crippen molar-refractivity contribution in [2.24, 2.45) is 11.7 Å². The van der Waals surface area contributed by atoms with Crippen molar-refractivity contribution in [3.05, 3.63) is 29.3 Å². The largest absolute Gasteiger partial charge is 0.416 e. The van der Waals surface area contributed by atoms with Gasteiger partial charge in [-0.1, -0.05) is 0 Å². The summed E-state index contributed by atoms with van der Waals surface area (Å²) in [5.41, 5.74) is 4.69. The Morgan fingerprint density at radius 2 is 2.10 bits per heavy atom. The topological polar surface area (TPSA) is 78.9 Å². The Hall–Kier alpha value is -2.07. The van der Waals surface area contributed by atoms with E-state index in [4.69, 9.17) is 11.0 Å². The number of halogens is 3. The lowest BCUT2D eigenvalue weighted by molar-refractivity contribution is -0.137. The fourth-order valence-corrected chi connectivity index (χ4v) is 2.41. The molecule has 1 amide bonds. The van der Waals surface area contributed by atoms with Crippen molar-refractivity contribution < 1.29 is 18.0 Å². The highest BCUT2D eigenvalue weighted by molar-refractivity contribution is 5.94. The van der Waals surface area contributed by atoms with E-state index < -0.39 is 11.7 Å². The summed E-state index contributed by atoms with van der Waals surface area (Å²) in [6.45, 7) is 0. The van der Waals surface area contributed by atoms with Crippen molar-refractivity contribution >= 4 is 11.6 Å². The number of carbonyl (C=O) groups excluding carboxylic acids is 1. The van der Waals surface area contributed by atoms with Gasteiger partial charge in [-0.05, 0) is 37.5 Å². The molecule has 21 heavy (non-hydrogen) atoms. The second-order valence-electron chi connectivity index (χ2n) is 5.13. The molecule has 3 N–H and O–H groups in total. The third-order valence-electron chi connectivity index (χ3n) is 3.57. The van der Waals surface area contributed by atoms with Gasteiger partial charge >= 0.3 is 6.18 Å². The number of nitrogens with two attached hydrogens (primary N) is 1. The van der Waals surface area contributed by atoms with E-state index in [-0.39, 0.29) is 29.1 Å². The Morgan fingerprint density at radius 3 is 2.62 bits per heavy atom. The molecule has 2 unspecified atom stereocenters. The lowest BCUT2D eigenvalue weighted by Crippen LogP contribution is -2.23. The maximum Gasteiger partial charge on any atom is 0.416 e. The summed E-state index contributed by atoms with van der Waals surface area (Å²) in [4.78, 5) is 12.0. The van der Waals surface area contributed by atoms with Crippen molar-refractivity contribution in [3.63, 3.8) is 0 Å². The smallest absolute Gasteiger partial charge is 0.328 e. The van der Waals surface area contributed by atoms with E-state index in [2.05, 4.69) is 5.32 Å². The monoisotopic (exact) mass is 297 g/mol. The van der Waals surface area contributed by atoms with Gasteiger partial charge < -0.3 is 11.1 Å². The van der Waals surface area contributed by atoms with E-state index in [1.165, 1.54) is 0 Å². The minimum Gasteiger partial charge on any atom is -0.328 e. The van der Waals surface area contributed by atoms with E-state index in [0.717, 1.165) is 24.6 Å². The van der Waals surface area contributed by atoms with Crippen LogP contribution in [-0.2, 0) is 11.0 Å². The number of rotatable bonds is 2. The molecular formula is C14H14F3N3O. The molecule has 7 heteroatoms. The maximum atomic E-state index is 12.6. The SMILES string of the molecule is N#Cc1cc(C(F)(F)F)ccc1NC(=O)C1CCC(N)C1. The minimum absolute atomic E-state index is 0.0243. The van der Waals surface area contributed by atoms with Gasteiger partial charge in [0, 0.05) is 12.0 Å². The number of alkyl halides is 3. The van der Waals surface area contributed by atoms with Gasteiger partial charge in [-0.2, -0.15) is 18.4 Å². The Balaban J connectivity index is 2.17. The summed E-state index contributed by atoms with van der Waals surface area (Å²) in [5, 5.41) is 11.5. The van der Waals surface area contributed by atoms with Gasteiger partial charge in [0.15, 0.2) is 0 Å². The zero-order chi connectivity index (χ0) is 15.6. The highest BCUT2D eigenvalue weighted by Gasteiger charge is 2.32. The quantitative estimate of drug-likeness (QED) is 0.880. The van der Waals surface area contributed by atoms with Crippen molar-refractivity contribution in [1.82, 2.24) is 0 Å². The van der Waals surface area contributed by atoms with Crippen LogP contribution in [0.2, 0.25) is 0 Å². The Bertz CT molecular complexity index is 592. The third-order valence-corrected chi connectivity index (χ3v) is 3.57. The standard InChI is InChI=1S/C14H14F3N3O/c15-14(16,17)10-2-4-12(9(5-10)7-18)20-13(21)8-1-3-11(19)6-8/h2,4-5,8,11H,1,3,6,19H2,(H,20,21). The first-order chi connectivity index (χ1) is 9.81. The first-order valence-corrected chi connectivity index (χ1v) is 6.49. The summed E-state index contributed by atoms with van der Waals surface area (Å²) in [6, 6.07) is 4.33. The summed E-state index contributed by atoms with van der Waals surface area (Å²) >= 11 is 0. The number of amides is 1. The zero-order valence-corrected chi connectivity index (χ0v) is 11.1. The van der Waals surface area contributed by atoms with E-state index >= 15 is 0 Å². The molecule has 0 saturated heterocycles. The first kappa shape index (κ1) is 15.3. The van der Waals surface area contributed by atoms with Crippen LogP contribution in [0.5, 0.6) is 0 Å². The second-order valence-corrected chi connectivity index (χ2v) is 5.13. The Kier molecular flexibility index (Phi) is 4.19. The Morgan fingerprint density at radius 1 is 1.38 bits per heavy atom. The number of benzene rings is 1. The molecule has 1 saturated carbocycles. The molecule has 1 aromatic carbocycles. The number of anilines is 1. The molecule has 2 rings (SSSR count). The van der Waals surface area contributed by atoms with Crippen LogP contribution >= 0.6 is 0 Å². The van der Waals surface area contributed by atoms with Gasteiger partial charge in [-0.15, -0.1) is 0 Å². The van der Waals surface area contributed by atoms with Gasteiger partial charge in [0.25, 0.3) is 0 Å². The zero-order valence-electron chi connectivity index (χ0n) is 11.1. The summed E-state index contributed by atoms with van der Waals surface area (Å²) in [5.74, 6) is -0.562. The van der Waals surface area contributed by atoms with Crippen LogP contribution in [0, 0.1) is 17.2 Å². The van der Waals surface area contributed by atoms with Crippen LogP contribution in [0.1, 0.15) is 30.4 Å². The highest BCUT2D eigenvalue weighted by Crippen LogP contribution is 2.32. The molecule has 0 aromatic heterocycles. The molecule has 0 radical (unpaired) electrons.